The maximum Gasteiger partial charge on any atom is 0.316 e. The predicted octanol–water partition coefficient (Wildman–Crippen LogP) is 4.16. The van der Waals surface area contributed by atoms with Gasteiger partial charge in [-0.15, -0.1) is 11.8 Å². The molecule has 1 aliphatic rings. The number of nitrogens with zero attached hydrogens (tertiary/aromatic N) is 1. The van der Waals surface area contributed by atoms with Crippen molar-refractivity contribution >= 4 is 56.9 Å². The van der Waals surface area contributed by atoms with Crippen molar-refractivity contribution in [3.8, 4) is 0 Å². The lowest BCUT2D eigenvalue weighted by atomic mass is 10.2. The van der Waals surface area contributed by atoms with Crippen LogP contribution in [0.3, 0.4) is 0 Å². The van der Waals surface area contributed by atoms with Crippen LogP contribution in [0.15, 0.2) is 51.8 Å². The minimum absolute atomic E-state index is 0.0842. The zero-order chi connectivity index (χ0) is 20.8. The molecule has 6 nitrogen and oxygen atoms in total. The SMILES string of the molecule is Cc1cc(Br)ccc1SCC(=O)OCC(=O)Nc1cccc(N2CCCC2=O)c1. The molecule has 0 spiro atoms. The predicted molar refractivity (Wildman–Crippen MR) is 117 cm³/mol. The summed E-state index contributed by atoms with van der Waals surface area (Å²) in [4.78, 5) is 38.6. The fourth-order valence-electron chi connectivity index (χ4n) is 2.97. The van der Waals surface area contributed by atoms with Gasteiger partial charge in [0.25, 0.3) is 5.91 Å². The maximum absolute atomic E-state index is 12.1. The number of carbonyl (C=O) groups is 3. The van der Waals surface area contributed by atoms with E-state index in [1.54, 1.807) is 23.1 Å². The first-order valence-corrected chi connectivity index (χ1v) is 10.9. The third kappa shape index (κ3) is 6.08. The van der Waals surface area contributed by atoms with Crippen LogP contribution in [-0.2, 0) is 19.1 Å². The number of ether oxygens (including phenoxy) is 1. The lowest BCUT2D eigenvalue weighted by molar-refractivity contribution is -0.144. The van der Waals surface area contributed by atoms with Gasteiger partial charge in [-0.05, 0) is 55.3 Å². The smallest absolute Gasteiger partial charge is 0.316 e. The number of esters is 1. The van der Waals surface area contributed by atoms with Crippen LogP contribution >= 0.6 is 27.7 Å². The summed E-state index contributed by atoms with van der Waals surface area (Å²) >= 11 is 4.78. The Hall–Kier alpha value is -2.32. The van der Waals surface area contributed by atoms with Crippen molar-refractivity contribution in [2.24, 2.45) is 0 Å². The minimum Gasteiger partial charge on any atom is -0.455 e. The van der Waals surface area contributed by atoms with Gasteiger partial charge in [-0.3, -0.25) is 14.4 Å². The Labute approximate surface area is 182 Å². The van der Waals surface area contributed by atoms with E-state index >= 15 is 0 Å². The summed E-state index contributed by atoms with van der Waals surface area (Å²) in [7, 11) is 0. The summed E-state index contributed by atoms with van der Waals surface area (Å²) in [5, 5.41) is 2.70. The number of amides is 2. The molecular formula is C21H21BrN2O4S. The summed E-state index contributed by atoms with van der Waals surface area (Å²) in [6.07, 6.45) is 1.38. The normalized spacial score (nSPS) is 13.4. The van der Waals surface area contributed by atoms with E-state index in [4.69, 9.17) is 4.74 Å². The van der Waals surface area contributed by atoms with E-state index in [0.29, 0.717) is 18.7 Å². The zero-order valence-corrected chi connectivity index (χ0v) is 18.3. The molecule has 0 unspecified atom stereocenters. The van der Waals surface area contributed by atoms with Crippen LogP contribution in [0.25, 0.3) is 0 Å². The molecule has 1 saturated heterocycles. The van der Waals surface area contributed by atoms with Crippen LogP contribution in [0.5, 0.6) is 0 Å². The molecule has 2 aromatic rings. The van der Waals surface area contributed by atoms with E-state index < -0.39 is 11.9 Å². The van der Waals surface area contributed by atoms with Crippen molar-refractivity contribution in [2.75, 3.05) is 29.1 Å². The molecule has 0 atom stereocenters. The second-order valence-electron chi connectivity index (χ2n) is 6.61. The molecule has 1 heterocycles. The Balaban J connectivity index is 1.46. The number of rotatable bonds is 7. The Bertz CT molecular complexity index is 935. The number of anilines is 2. The van der Waals surface area contributed by atoms with E-state index in [0.717, 1.165) is 27.0 Å². The highest BCUT2D eigenvalue weighted by Crippen LogP contribution is 2.26. The molecule has 2 amide bonds. The molecule has 0 saturated carbocycles. The number of nitrogens with one attached hydrogen (secondary N) is 1. The van der Waals surface area contributed by atoms with E-state index in [9.17, 15) is 14.4 Å². The molecule has 0 radical (unpaired) electrons. The highest BCUT2D eigenvalue weighted by atomic mass is 79.9. The summed E-state index contributed by atoms with van der Waals surface area (Å²) < 4.78 is 6.05. The van der Waals surface area contributed by atoms with Gasteiger partial charge in [0.1, 0.15) is 0 Å². The van der Waals surface area contributed by atoms with Gasteiger partial charge in [0.15, 0.2) is 6.61 Å². The lowest BCUT2D eigenvalue weighted by Gasteiger charge is -2.16. The molecule has 1 fully saturated rings. The molecule has 2 aromatic carbocycles. The zero-order valence-electron chi connectivity index (χ0n) is 15.9. The number of thioether (sulfide) groups is 1. The maximum atomic E-state index is 12.1. The highest BCUT2D eigenvalue weighted by molar-refractivity contribution is 9.10. The van der Waals surface area contributed by atoms with Gasteiger partial charge in [0, 0.05) is 33.7 Å². The number of aryl methyl sites for hydroxylation is 1. The first-order chi connectivity index (χ1) is 13.9. The van der Waals surface area contributed by atoms with Gasteiger partial charge >= 0.3 is 5.97 Å². The first-order valence-electron chi connectivity index (χ1n) is 9.17. The van der Waals surface area contributed by atoms with E-state index in [1.807, 2.05) is 31.2 Å². The molecule has 3 rings (SSSR count). The number of benzene rings is 2. The van der Waals surface area contributed by atoms with Gasteiger partial charge in [0.2, 0.25) is 5.91 Å². The Morgan fingerprint density at radius 2 is 2.07 bits per heavy atom. The summed E-state index contributed by atoms with van der Waals surface area (Å²) in [6, 6.07) is 12.9. The number of hydrogen-bond acceptors (Lipinski definition) is 5. The summed E-state index contributed by atoms with van der Waals surface area (Å²) in [5.41, 5.74) is 2.37. The van der Waals surface area contributed by atoms with Crippen molar-refractivity contribution in [1.29, 1.82) is 0 Å². The van der Waals surface area contributed by atoms with Crippen LogP contribution < -0.4 is 10.2 Å². The fraction of sp³-hybridized carbons (Fsp3) is 0.286. The quantitative estimate of drug-likeness (QED) is 0.479. The first kappa shape index (κ1) is 21.4. The van der Waals surface area contributed by atoms with Gasteiger partial charge in [-0.2, -0.15) is 0 Å². The Morgan fingerprint density at radius 1 is 1.24 bits per heavy atom. The number of hydrogen-bond donors (Lipinski definition) is 1. The van der Waals surface area contributed by atoms with Crippen LogP contribution in [0, 0.1) is 6.92 Å². The molecule has 0 bridgehead atoms. The molecule has 8 heteroatoms. The van der Waals surface area contributed by atoms with Crippen molar-refractivity contribution in [1.82, 2.24) is 0 Å². The Morgan fingerprint density at radius 3 is 2.79 bits per heavy atom. The van der Waals surface area contributed by atoms with Gasteiger partial charge in [-0.1, -0.05) is 22.0 Å². The summed E-state index contributed by atoms with van der Waals surface area (Å²) in [5.74, 6) is -0.666. The van der Waals surface area contributed by atoms with Gasteiger partial charge < -0.3 is 15.0 Å². The number of carbonyl (C=O) groups excluding carboxylic acids is 3. The fourth-order valence-corrected chi connectivity index (χ4v) is 4.25. The minimum atomic E-state index is -0.455. The molecule has 0 aromatic heterocycles. The molecule has 1 N–H and O–H groups in total. The molecule has 152 valence electrons. The second-order valence-corrected chi connectivity index (χ2v) is 8.54. The average molecular weight is 477 g/mol. The largest absolute Gasteiger partial charge is 0.455 e. The van der Waals surface area contributed by atoms with Crippen molar-refractivity contribution in [3.05, 3.63) is 52.5 Å². The van der Waals surface area contributed by atoms with E-state index in [2.05, 4.69) is 21.2 Å². The molecule has 0 aliphatic carbocycles. The van der Waals surface area contributed by atoms with E-state index in [-0.39, 0.29) is 18.3 Å². The van der Waals surface area contributed by atoms with Crippen LogP contribution in [0.1, 0.15) is 18.4 Å². The van der Waals surface area contributed by atoms with E-state index in [1.165, 1.54) is 11.8 Å². The van der Waals surface area contributed by atoms with Crippen molar-refractivity contribution in [3.63, 3.8) is 0 Å². The van der Waals surface area contributed by atoms with Crippen molar-refractivity contribution < 1.29 is 19.1 Å². The molecule has 1 aliphatic heterocycles. The van der Waals surface area contributed by atoms with Crippen LogP contribution in [0.2, 0.25) is 0 Å². The molecule has 29 heavy (non-hydrogen) atoms. The van der Waals surface area contributed by atoms with Crippen LogP contribution in [0.4, 0.5) is 11.4 Å². The van der Waals surface area contributed by atoms with Gasteiger partial charge in [-0.25, -0.2) is 0 Å². The summed E-state index contributed by atoms with van der Waals surface area (Å²) in [6.45, 7) is 2.30. The van der Waals surface area contributed by atoms with Crippen molar-refractivity contribution in [2.45, 2.75) is 24.7 Å². The highest BCUT2D eigenvalue weighted by Gasteiger charge is 2.21. The topological polar surface area (TPSA) is 75.7 Å². The third-order valence-corrected chi connectivity index (χ3v) is 6.00. The average Bonchev–Trinajstić information content (AvgIpc) is 3.12. The van der Waals surface area contributed by atoms with Crippen LogP contribution in [-0.4, -0.2) is 36.7 Å². The standard InChI is InChI=1S/C21H21BrN2O4S/c1-14-10-15(22)7-8-18(14)29-13-21(27)28-12-19(25)23-16-4-2-5-17(11-16)24-9-3-6-20(24)26/h2,4-5,7-8,10-11H,3,6,9,12-13H2,1H3,(H,23,25). The third-order valence-electron chi connectivity index (χ3n) is 4.36. The monoisotopic (exact) mass is 476 g/mol. The molecular weight excluding hydrogens is 456 g/mol. The number of halogens is 1. The second kappa shape index (κ2) is 9.93. The van der Waals surface area contributed by atoms with Gasteiger partial charge in [0.05, 0.1) is 5.75 Å². The lowest BCUT2D eigenvalue weighted by Crippen LogP contribution is -2.24. The Kier molecular flexibility index (Phi) is 7.33.